The van der Waals surface area contributed by atoms with Crippen molar-refractivity contribution in [2.75, 3.05) is 5.73 Å². The molecule has 90 valence electrons. The Balaban J connectivity index is 2.01. The molecule has 3 aromatic rings. The third-order valence-corrected chi connectivity index (χ3v) is 3.15. The summed E-state index contributed by atoms with van der Waals surface area (Å²) in [5, 5.41) is 1.62. The van der Waals surface area contributed by atoms with Gasteiger partial charge in [-0.2, -0.15) is 0 Å². The summed E-state index contributed by atoms with van der Waals surface area (Å²) in [6.07, 6.45) is 4.04. The van der Waals surface area contributed by atoms with Gasteiger partial charge in [0, 0.05) is 35.5 Å². The molecule has 0 unspecified atom stereocenters. The number of nitrogen functional groups attached to an aromatic ring is 1. The Morgan fingerprint density at radius 2 is 2.17 bits per heavy atom. The maximum atomic E-state index is 6.07. The molecule has 2 N–H and O–H groups in total. The fourth-order valence-corrected chi connectivity index (χ4v) is 2.16. The molecule has 0 aliphatic heterocycles. The van der Waals surface area contributed by atoms with Crippen LogP contribution in [0.3, 0.4) is 0 Å². The van der Waals surface area contributed by atoms with E-state index in [4.69, 9.17) is 21.8 Å². The first-order valence-corrected chi connectivity index (χ1v) is 5.97. The summed E-state index contributed by atoms with van der Waals surface area (Å²) >= 11 is 6.07. The van der Waals surface area contributed by atoms with Gasteiger partial charge in [0.15, 0.2) is 5.58 Å². The van der Waals surface area contributed by atoms with Crippen molar-refractivity contribution in [3.63, 3.8) is 0 Å². The first kappa shape index (κ1) is 11.1. The van der Waals surface area contributed by atoms with E-state index in [0.29, 0.717) is 11.4 Å². The van der Waals surface area contributed by atoms with Gasteiger partial charge in [0.1, 0.15) is 5.76 Å². The van der Waals surface area contributed by atoms with E-state index >= 15 is 0 Å². The van der Waals surface area contributed by atoms with Crippen LogP contribution in [0.2, 0.25) is 5.02 Å². The normalized spacial score (nSPS) is 10.9. The summed E-state index contributed by atoms with van der Waals surface area (Å²) in [5.41, 5.74) is 8.27. The molecule has 0 fully saturated rings. The first-order valence-electron chi connectivity index (χ1n) is 5.59. The number of nitrogens with zero attached hydrogens (tertiary/aromatic N) is 1. The van der Waals surface area contributed by atoms with E-state index < -0.39 is 0 Å². The summed E-state index contributed by atoms with van der Waals surface area (Å²) in [5.74, 6) is 0.831. The Morgan fingerprint density at radius 1 is 1.28 bits per heavy atom. The van der Waals surface area contributed by atoms with Crippen LogP contribution in [0.5, 0.6) is 0 Å². The van der Waals surface area contributed by atoms with Gasteiger partial charge in [0.2, 0.25) is 0 Å². The van der Waals surface area contributed by atoms with E-state index in [1.165, 1.54) is 0 Å². The van der Waals surface area contributed by atoms with Crippen molar-refractivity contribution in [2.24, 2.45) is 0 Å². The highest BCUT2D eigenvalue weighted by Crippen LogP contribution is 2.28. The minimum atomic E-state index is 0.616. The number of pyridine rings is 1. The van der Waals surface area contributed by atoms with Crippen LogP contribution in [0.4, 0.5) is 5.69 Å². The molecule has 3 nitrogen and oxygen atoms in total. The minimum Gasteiger partial charge on any atom is -0.459 e. The molecule has 2 aromatic heterocycles. The summed E-state index contributed by atoms with van der Waals surface area (Å²) in [4.78, 5) is 4.07. The van der Waals surface area contributed by atoms with E-state index in [1.54, 1.807) is 18.5 Å². The molecular formula is C14H11ClN2O. The highest BCUT2D eigenvalue weighted by Gasteiger charge is 2.08. The van der Waals surface area contributed by atoms with Crippen LogP contribution >= 0.6 is 11.6 Å². The molecule has 0 saturated carbocycles. The lowest BCUT2D eigenvalue weighted by atomic mass is 10.1. The molecule has 0 spiro atoms. The van der Waals surface area contributed by atoms with Gasteiger partial charge in [0.05, 0.1) is 5.02 Å². The number of furan rings is 1. The number of rotatable bonds is 2. The van der Waals surface area contributed by atoms with Crippen molar-refractivity contribution < 1.29 is 4.42 Å². The molecule has 0 aliphatic carbocycles. The third-order valence-electron chi connectivity index (χ3n) is 2.85. The number of hydrogen-bond acceptors (Lipinski definition) is 3. The van der Waals surface area contributed by atoms with Gasteiger partial charge >= 0.3 is 0 Å². The number of fused-ring (bicyclic) bond motifs is 1. The molecule has 0 amide bonds. The number of benzene rings is 1. The molecule has 0 bridgehead atoms. The maximum absolute atomic E-state index is 6.07. The van der Waals surface area contributed by atoms with Crippen molar-refractivity contribution in [3.8, 4) is 0 Å². The van der Waals surface area contributed by atoms with Gasteiger partial charge < -0.3 is 10.2 Å². The SMILES string of the molecule is Nc1ccncc1Cc1cc2cccc(Cl)c2o1. The van der Waals surface area contributed by atoms with Crippen LogP contribution in [0, 0.1) is 0 Å². The lowest BCUT2D eigenvalue weighted by Gasteiger charge is -2.01. The van der Waals surface area contributed by atoms with E-state index in [0.717, 1.165) is 28.0 Å². The van der Waals surface area contributed by atoms with Crippen LogP contribution in [0.15, 0.2) is 47.1 Å². The summed E-state index contributed by atoms with van der Waals surface area (Å²) < 4.78 is 5.74. The van der Waals surface area contributed by atoms with Gasteiger partial charge in [-0.05, 0) is 18.2 Å². The Bertz CT molecular complexity index is 706. The molecular weight excluding hydrogens is 248 g/mol. The molecule has 18 heavy (non-hydrogen) atoms. The zero-order valence-corrected chi connectivity index (χ0v) is 10.3. The second-order valence-corrected chi connectivity index (χ2v) is 4.53. The molecule has 0 aliphatic rings. The van der Waals surface area contributed by atoms with E-state index in [1.807, 2.05) is 24.3 Å². The summed E-state index contributed by atoms with van der Waals surface area (Å²) in [6, 6.07) is 9.46. The smallest absolute Gasteiger partial charge is 0.152 e. The number of anilines is 1. The highest BCUT2D eigenvalue weighted by molar-refractivity contribution is 6.34. The van der Waals surface area contributed by atoms with Crippen molar-refractivity contribution in [1.82, 2.24) is 4.98 Å². The van der Waals surface area contributed by atoms with Crippen molar-refractivity contribution >= 4 is 28.3 Å². The largest absolute Gasteiger partial charge is 0.459 e. The quantitative estimate of drug-likeness (QED) is 0.763. The standard InChI is InChI=1S/C14H11ClN2O/c15-12-3-1-2-9-6-11(18-14(9)12)7-10-8-17-5-4-13(10)16/h1-6,8H,7H2,(H2,16,17). The van der Waals surface area contributed by atoms with Crippen LogP contribution in [0.1, 0.15) is 11.3 Å². The lowest BCUT2D eigenvalue weighted by molar-refractivity contribution is 0.563. The number of nitrogens with two attached hydrogens (primary N) is 1. The number of aromatic nitrogens is 1. The average Bonchev–Trinajstić information content (AvgIpc) is 2.76. The van der Waals surface area contributed by atoms with Crippen molar-refractivity contribution in [2.45, 2.75) is 6.42 Å². The van der Waals surface area contributed by atoms with Gasteiger partial charge in [-0.1, -0.05) is 23.7 Å². The lowest BCUT2D eigenvalue weighted by Crippen LogP contribution is -1.95. The maximum Gasteiger partial charge on any atom is 0.152 e. The topological polar surface area (TPSA) is 52.0 Å². The van der Waals surface area contributed by atoms with E-state index in [2.05, 4.69) is 4.98 Å². The molecule has 0 saturated heterocycles. The molecule has 2 heterocycles. The number of halogens is 1. The number of para-hydroxylation sites is 1. The third kappa shape index (κ3) is 1.93. The zero-order valence-electron chi connectivity index (χ0n) is 9.56. The van der Waals surface area contributed by atoms with E-state index in [-0.39, 0.29) is 0 Å². The Kier molecular flexibility index (Phi) is 2.68. The molecule has 0 atom stereocenters. The fraction of sp³-hybridized carbons (Fsp3) is 0.0714. The Morgan fingerprint density at radius 3 is 2.94 bits per heavy atom. The predicted octanol–water partition coefficient (Wildman–Crippen LogP) is 3.65. The Hall–Kier alpha value is -2.00. The van der Waals surface area contributed by atoms with Gasteiger partial charge in [0.25, 0.3) is 0 Å². The van der Waals surface area contributed by atoms with Crippen LogP contribution in [-0.4, -0.2) is 4.98 Å². The minimum absolute atomic E-state index is 0.616. The molecule has 0 radical (unpaired) electrons. The Labute approximate surface area is 109 Å². The highest BCUT2D eigenvalue weighted by atomic mass is 35.5. The van der Waals surface area contributed by atoms with Gasteiger partial charge in [-0.25, -0.2) is 0 Å². The summed E-state index contributed by atoms with van der Waals surface area (Å²) in [6.45, 7) is 0. The fourth-order valence-electron chi connectivity index (χ4n) is 1.94. The van der Waals surface area contributed by atoms with E-state index in [9.17, 15) is 0 Å². The van der Waals surface area contributed by atoms with Gasteiger partial charge in [-0.3, -0.25) is 4.98 Å². The second kappa shape index (κ2) is 4.35. The predicted molar refractivity (Wildman–Crippen MR) is 72.7 cm³/mol. The van der Waals surface area contributed by atoms with Crippen LogP contribution in [-0.2, 0) is 6.42 Å². The first-order chi connectivity index (χ1) is 8.74. The monoisotopic (exact) mass is 258 g/mol. The average molecular weight is 259 g/mol. The van der Waals surface area contributed by atoms with Gasteiger partial charge in [-0.15, -0.1) is 0 Å². The zero-order chi connectivity index (χ0) is 12.5. The van der Waals surface area contributed by atoms with Crippen LogP contribution < -0.4 is 5.73 Å². The second-order valence-electron chi connectivity index (χ2n) is 4.12. The number of hydrogen-bond donors (Lipinski definition) is 1. The van der Waals surface area contributed by atoms with Crippen molar-refractivity contribution in [3.05, 3.63) is 59.1 Å². The summed E-state index contributed by atoms with van der Waals surface area (Å²) in [7, 11) is 0. The molecule has 3 rings (SSSR count). The molecule has 1 aromatic carbocycles. The molecule has 4 heteroatoms. The van der Waals surface area contributed by atoms with Crippen molar-refractivity contribution in [1.29, 1.82) is 0 Å². The van der Waals surface area contributed by atoms with Crippen LogP contribution in [0.25, 0.3) is 11.0 Å².